The number of fused-ring (bicyclic) bond motifs is 1. The van der Waals surface area contributed by atoms with Crippen molar-refractivity contribution in [3.05, 3.63) is 53.9 Å². The zero-order valence-electron chi connectivity index (χ0n) is 17.3. The number of benzene rings is 1. The van der Waals surface area contributed by atoms with Crippen LogP contribution in [-0.2, 0) is 17.8 Å². The number of carbonyl (C=O) groups excluding carboxylic acids is 1. The highest BCUT2D eigenvalue weighted by Gasteiger charge is 2.13. The number of halogens is 1. The zero-order valence-corrected chi connectivity index (χ0v) is 19.6. The maximum absolute atomic E-state index is 12.4. The second-order valence-corrected chi connectivity index (χ2v) is 6.62. The maximum atomic E-state index is 12.4. The minimum atomic E-state index is -0.00499. The van der Waals surface area contributed by atoms with Gasteiger partial charge in [0.1, 0.15) is 0 Å². The van der Waals surface area contributed by atoms with Crippen LogP contribution in [0.3, 0.4) is 0 Å². The molecule has 0 saturated carbocycles. The van der Waals surface area contributed by atoms with E-state index in [9.17, 15) is 4.79 Å². The van der Waals surface area contributed by atoms with E-state index in [4.69, 9.17) is 9.47 Å². The van der Waals surface area contributed by atoms with E-state index >= 15 is 0 Å². The molecule has 0 bridgehead atoms. The van der Waals surface area contributed by atoms with Crippen molar-refractivity contribution in [2.45, 2.75) is 19.9 Å². The molecule has 0 aliphatic carbocycles. The summed E-state index contributed by atoms with van der Waals surface area (Å²) in [5.41, 5.74) is 1.98. The summed E-state index contributed by atoms with van der Waals surface area (Å²) < 4.78 is 10.7. The Balaban J connectivity index is 0.00000320. The number of nitrogens with one attached hydrogen (secondary N) is 2. The monoisotopic (exact) mass is 525 g/mol. The van der Waals surface area contributed by atoms with Gasteiger partial charge in [0.25, 0.3) is 0 Å². The molecule has 2 heterocycles. The quantitative estimate of drug-likeness (QED) is 0.312. The van der Waals surface area contributed by atoms with Gasteiger partial charge in [-0.05, 0) is 36.8 Å². The van der Waals surface area contributed by atoms with Crippen molar-refractivity contribution >= 4 is 35.8 Å². The summed E-state index contributed by atoms with van der Waals surface area (Å²) in [4.78, 5) is 22.9. The van der Waals surface area contributed by atoms with Crippen LogP contribution in [0.25, 0.3) is 0 Å². The summed E-state index contributed by atoms with van der Waals surface area (Å²) in [6.45, 7) is 4.20. The highest BCUT2D eigenvalue weighted by molar-refractivity contribution is 14.0. The van der Waals surface area contributed by atoms with Gasteiger partial charge in [0.15, 0.2) is 17.5 Å². The average Bonchev–Trinajstić information content (AvgIpc) is 3.22. The fourth-order valence-corrected chi connectivity index (χ4v) is 2.80. The molecule has 0 atom stereocenters. The fourth-order valence-electron chi connectivity index (χ4n) is 2.80. The van der Waals surface area contributed by atoms with E-state index in [2.05, 4.69) is 20.6 Å². The predicted octanol–water partition coefficient (Wildman–Crippen LogP) is 2.18. The van der Waals surface area contributed by atoms with E-state index in [0.717, 1.165) is 29.2 Å². The topological polar surface area (TPSA) is 88.1 Å². The van der Waals surface area contributed by atoms with Crippen LogP contribution in [0.1, 0.15) is 18.2 Å². The van der Waals surface area contributed by atoms with Crippen molar-refractivity contribution in [2.24, 2.45) is 4.99 Å². The molecular formula is C21H28IN5O3. The van der Waals surface area contributed by atoms with Gasteiger partial charge in [0.05, 0.1) is 13.1 Å². The van der Waals surface area contributed by atoms with Crippen molar-refractivity contribution in [3.63, 3.8) is 0 Å². The molecule has 1 aromatic heterocycles. The Morgan fingerprint density at radius 1 is 1.20 bits per heavy atom. The number of hydrogen-bond donors (Lipinski definition) is 2. The third-order valence-electron chi connectivity index (χ3n) is 4.46. The maximum Gasteiger partial charge on any atom is 0.241 e. The Hall–Kier alpha value is -2.56. The smallest absolute Gasteiger partial charge is 0.241 e. The molecule has 1 aromatic carbocycles. The third kappa shape index (κ3) is 7.05. The number of likely N-dealkylation sites (N-methyl/N-ethyl adjacent to an activating group) is 1. The van der Waals surface area contributed by atoms with Crippen molar-refractivity contribution < 1.29 is 14.3 Å². The summed E-state index contributed by atoms with van der Waals surface area (Å²) >= 11 is 0. The zero-order chi connectivity index (χ0) is 20.5. The number of rotatable bonds is 8. The Morgan fingerprint density at radius 2 is 2.03 bits per heavy atom. The molecule has 0 radical (unpaired) electrons. The summed E-state index contributed by atoms with van der Waals surface area (Å²) in [6.07, 6.45) is 2.49. The normalized spacial score (nSPS) is 12.1. The minimum Gasteiger partial charge on any atom is -0.454 e. The number of ether oxygens (including phenoxy) is 2. The van der Waals surface area contributed by atoms with Crippen LogP contribution in [0.2, 0.25) is 0 Å². The number of aliphatic imine (C=N–C) groups is 1. The van der Waals surface area contributed by atoms with Crippen LogP contribution in [0.5, 0.6) is 11.5 Å². The first-order chi connectivity index (χ1) is 14.2. The lowest BCUT2D eigenvalue weighted by molar-refractivity contribution is -0.128. The van der Waals surface area contributed by atoms with Crippen LogP contribution in [0.4, 0.5) is 0 Å². The molecule has 2 aromatic rings. The highest BCUT2D eigenvalue weighted by atomic mass is 127. The van der Waals surface area contributed by atoms with Crippen LogP contribution in [0, 0.1) is 0 Å². The Bertz CT molecular complexity index is 848. The first-order valence-electron chi connectivity index (χ1n) is 9.70. The standard InChI is InChI=1S/C21H27N5O3.HI/c1-3-22-21(24-13-16-7-8-18-19(12-16)29-15-28-18)25-14-20(27)26(2)11-9-17-6-4-5-10-23-17;/h4-8,10,12H,3,9,11,13-15H2,1-2H3,(H2,22,24,25);1H. The number of amides is 1. The third-order valence-corrected chi connectivity index (χ3v) is 4.46. The highest BCUT2D eigenvalue weighted by Crippen LogP contribution is 2.32. The molecule has 0 fully saturated rings. The first-order valence-corrected chi connectivity index (χ1v) is 9.70. The van der Waals surface area contributed by atoms with E-state index in [1.165, 1.54) is 0 Å². The largest absolute Gasteiger partial charge is 0.454 e. The van der Waals surface area contributed by atoms with Crippen LogP contribution in [0.15, 0.2) is 47.6 Å². The van der Waals surface area contributed by atoms with Gasteiger partial charge in [-0.15, -0.1) is 24.0 Å². The van der Waals surface area contributed by atoms with Crippen LogP contribution < -0.4 is 20.1 Å². The van der Waals surface area contributed by atoms with Gasteiger partial charge < -0.3 is 25.0 Å². The first kappa shape index (κ1) is 23.7. The number of aromatic nitrogens is 1. The van der Waals surface area contributed by atoms with Crippen molar-refractivity contribution in [3.8, 4) is 11.5 Å². The molecular weight excluding hydrogens is 497 g/mol. The van der Waals surface area contributed by atoms with Crippen LogP contribution >= 0.6 is 24.0 Å². The minimum absolute atomic E-state index is 0. The van der Waals surface area contributed by atoms with Gasteiger partial charge in [-0.2, -0.15) is 0 Å². The second kappa shape index (κ2) is 12.2. The summed E-state index contributed by atoms with van der Waals surface area (Å²) in [5, 5.41) is 6.26. The molecule has 162 valence electrons. The number of hydrogen-bond acceptors (Lipinski definition) is 5. The van der Waals surface area contributed by atoms with Gasteiger partial charge in [0.2, 0.25) is 12.7 Å². The van der Waals surface area contributed by atoms with Crippen molar-refractivity contribution in [1.82, 2.24) is 20.5 Å². The summed E-state index contributed by atoms with van der Waals surface area (Å²) in [5.74, 6) is 2.08. The number of guanidine groups is 1. The average molecular weight is 525 g/mol. The van der Waals surface area contributed by atoms with Crippen LogP contribution in [-0.4, -0.2) is 55.2 Å². The molecule has 1 amide bonds. The molecule has 8 nitrogen and oxygen atoms in total. The lowest BCUT2D eigenvalue weighted by Gasteiger charge is -2.18. The molecule has 30 heavy (non-hydrogen) atoms. The summed E-state index contributed by atoms with van der Waals surface area (Å²) in [6, 6.07) is 11.6. The fraction of sp³-hybridized carbons (Fsp3) is 0.381. The number of pyridine rings is 1. The molecule has 0 spiro atoms. The lowest BCUT2D eigenvalue weighted by atomic mass is 10.2. The molecule has 1 aliphatic rings. The van der Waals surface area contributed by atoms with E-state index in [1.807, 2.05) is 43.3 Å². The molecule has 3 rings (SSSR count). The molecule has 0 saturated heterocycles. The molecule has 0 unspecified atom stereocenters. The van der Waals surface area contributed by atoms with Crippen molar-refractivity contribution in [1.29, 1.82) is 0 Å². The Labute approximate surface area is 194 Å². The van der Waals surface area contributed by atoms with E-state index in [1.54, 1.807) is 18.1 Å². The van der Waals surface area contributed by atoms with Gasteiger partial charge >= 0.3 is 0 Å². The molecule has 2 N–H and O–H groups in total. The van der Waals surface area contributed by atoms with E-state index < -0.39 is 0 Å². The molecule has 1 aliphatic heterocycles. The summed E-state index contributed by atoms with van der Waals surface area (Å²) in [7, 11) is 1.80. The van der Waals surface area contributed by atoms with E-state index in [-0.39, 0.29) is 43.2 Å². The second-order valence-electron chi connectivity index (χ2n) is 6.62. The van der Waals surface area contributed by atoms with Gasteiger partial charge in [0, 0.05) is 38.4 Å². The van der Waals surface area contributed by atoms with Gasteiger partial charge in [-0.1, -0.05) is 12.1 Å². The predicted molar refractivity (Wildman–Crippen MR) is 126 cm³/mol. The number of nitrogens with zero attached hydrogens (tertiary/aromatic N) is 3. The van der Waals surface area contributed by atoms with E-state index in [0.29, 0.717) is 25.6 Å². The van der Waals surface area contributed by atoms with Gasteiger partial charge in [-0.3, -0.25) is 9.78 Å². The number of carbonyl (C=O) groups is 1. The Morgan fingerprint density at radius 3 is 2.80 bits per heavy atom. The van der Waals surface area contributed by atoms with Gasteiger partial charge in [-0.25, -0.2) is 4.99 Å². The SMILES string of the molecule is CCNC(=NCc1ccc2c(c1)OCO2)NCC(=O)N(C)CCc1ccccn1.I. The lowest BCUT2D eigenvalue weighted by Crippen LogP contribution is -2.44. The molecule has 9 heteroatoms. The Kier molecular flexibility index (Phi) is 9.65. The van der Waals surface area contributed by atoms with Crippen molar-refractivity contribution in [2.75, 3.05) is 33.5 Å².